The van der Waals surface area contributed by atoms with Gasteiger partial charge in [0.05, 0.1) is 29.4 Å². The summed E-state index contributed by atoms with van der Waals surface area (Å²) in [6.07, 6.45) is 2.70. The van der Waals surface area contributed by atoms with E-state index in [1.165, 1.54) is 19.2 Å². The fourth-order valence-corrected chi connectivity index (χ4v) is 6.96. The molecule has 3 aliphatic rings. The molecule has 56 heavy (non-hydrogen) atoms. The number of nitrogens with one attached hydrogen (secondary N) is 3. The maximum atomic E-state index is 13.7. The van der Waals surface area contributed by atoms with Gasteiger partial charge in [0.15, 0.2) is 18.2 Å². The van der Waals surface area contributed by atoms with Crippen molar-refractivity contribution in [2.45, 2.75) is 38.3 Å². The molecule has 5 amide bonds. The van der Waals surface area contributed by atoms with E-state index in [2.05, 4.69) is 37.8 Å². The first-order chi connectivity index (χ1) is 27.0. The normalized spacial score (nSPS) is 17.2. The highest BCUT2D eigenvalue weighted by molar-refractivity contribution is 6.33. The van der Waals surface area contributed by atoms with E-state index in [9.17, 15) is 28.8 Å². The van der Waals surface area contributed by atoms with Crippen molar-refractivity contribution in [3.05, 3.63) is 75.2 Å². The first-order valence-electron chi connectivity index (χ1n) is 18.2. The van der Waals surface area contributed by atoms with Crippen LogP contribution in [0, 0.1) is 0 Å². The number of imide groups is 2. The highest BCUT2D eigenvalue weighted by Gasteiger charge is 2.44. The number of piperazine rings is 1. The number of aromatic nitrogens is 3. The highest BCUT2D eigenvalue weighted by atomic mass is 35.5. The van der Waals surface area contributed by atoms with Gasteiger partial charge in [-0.3, -0.25) is 39.0 Å². The molecule has 17 nitrogen and oxygen atoms in total. The number of nitrogens with zero attached hydrogens (tertiary/aromatic N) is 6. The lowest BCUT2D eigenvalue weighted by atomic mass is 10.0. The zero-order chi connectivity index (χ0) is 39.5. The largest absolute Gasteiger partial charge is 0.494 e. The number of unbranched alkanes of at least 4 members (excludes halogenated alkanes) is 1. The van der Waals surface area contributed by atoms with E-state index in [1.54, 1.807) is 22.9 Å². The molecule has 7 rings (SSSR count). The van der Waals surface area contributed by atoms with E-state index in [0.29, 0.717) is 58.5 Å². The number of carbonyl (C=O) groups excluding carboxylic acids is 5. The molecule has 2 saturated heterocycles. The fourth-order valence-electron chi connectivity index (χ4n) is 6.82. The lowest BCUT2D eigenvalue weighted by Crippen LogP contribution is -2.54. The monoisotopic (exact) mass is 785 g/mol. The second kappa shape index (κ2) is 16.3. The number of amides is 5. The molecular weight excluding hydrogens is 746 g/mol. The number of anilines is 3. The molecule has 2 aromatic carbocycles. The van der Waals surface area contributed by atoms with Crippen LogP contribution < -0.4 is 35.9 Å². The summed E-state index contributed by atoms with van der Waals surface area (Å²) in [6.45, 7) is 3.57. The number of hydrogen-bond acceptors (Lipinski definition) is 13. The summed E-state index contributed by atoms with van der Waals surface area (Å²) in [5.74, 6) is -1.35. The number of piperidine rings is 1. The second-order valence-corrected chi connectivity index (χ2v) is 14.1. The van der Waals surface area contributed by atoms with Gasteiger partial charge in [0, 0.05) is 57.3 Å². The number of likely N-dealkylation sites (N-methyl/N-ethyl adjacent to an activating group) is 2. The van der Waals surface area contributed by atoms with E-state index in [1.807, 2.05) is 18.2 Å². The van der Waals surface area contributed by atoms with E-state index in [0.717, 1.165) is 31.1 Å². The molecule has 4 aromatic rings. The Balaban J connectivity index is 1.03. The molecular formula is C38H40ClN9O8. The summed E-state index contributed by atoms with van der Waals surface area (Å²) in [7, 11) is 3.55. The van der Waals surface area contributed by atoms with Crippen LogP contribution in [0.3, 0.4) is 0 Å². The Morgan fingerprint density at radius 3 is 2.52 bits per heavy atom. The zero-order valence-electron chi connectivity index (χ0n) is 30.8. The van der Waals surface area contributed by atoms with Crippen molar-refractivity contribution in [2.75, 3.05) is 63.7 Å². The van der Waals surface area contributed by atoms with Crippen LogP contribution in [0.4, 0.5) is 17.5 Å². The fraction of sp³-hybridized carbons (Fsp3) is 0.368. The summed E-state index contributed by atoms with van der Waals surface area (Å²) in [5.41, 5.74) is 1.18. The molecule has 18 heteroatoms. The number of rotatable bonds is 13. The topological polar surface area (TPSA) is 197 Å². The van der Waals surface area contributed by atoms with E-state index < -0.39 is 35.2 Å². The minimum atomic E-state index is -1.06. The molecule has 1 atom stereocenters. The smallest absolute Gasteiger partial charge is 0.293 e. The van der Waals surface area contributed by atoms with Crippen LogP contribution in [0.2, 0.25) is 5.02 Å². The van der Waals surface area contributed by atoms with Gasteiger partial charge < -0.3 is 34.5 Å². The Morgan fingerprint density at radius 2 is 1.75 bits per heavy atom. The number of halogens is 1. The van der Waals surface area contributed by atoms with Gasteiger partial charge in [0.1, 0.15) is 16.8 Å². The molecule has 3 aliphatic heterocycles. The highest BCUT2D eigenvalue weighted by Crippen LogP contribution is 2.31. The second-order valence-electron chi connectivity index (χ2n) is 13.7. The summed E-state index contributed by atoms with van der Waals surface area (Å²) in [6, 6.07) is 10.6. The Hall–Kier alpha value is -6.07. The van der Waals surface area contributed by atoms with Gasteiger partial charge >= 0.3 is 0 Å². The van der Waals surface area contributed by atoms with Crippen molar-refractivity contribution in [1.82, 2.24) is 35.0 Å². The molecule has 2 fully saturated rings. The molecule has 0 radical (unpaired) electrons. The molecule has 3 N–H and O–H groups in total. The maximum Gasteiger partial charge on any atom is 0.293 e. The quantitative estimate of drug-likeness (QED) is 0.132. The van der Waals surface area contributed by atoms with Crippen molar-refractivity contribution in [1.29, 1.82) is 0 Å². The van der Waals surface area contributed by atoms with Gasteiger partial charge in [0.25, 0.3) is 23.3 Å². The Kier molecular flexibility index (Phi) is 11.2. The molecule has 1 unspecified atom stereocenters. The van der Waals surface area contributed by atoms with E-state index in [4.69, 9.17) is 26.1 Å². The van der Waals surface area contributed by atoms with E-state index >= 15 is 0 Å². The number of hydrogen-bond donors (Lipinski definition) is 3. The Bertz CT molecular complexity index is 2290. The van der Waals surface area contributed by atoms with Gasteiger partial charge in [-0.15, -0.1) is 0 Å². The third-order valence-corrected chi connectivity index (χ3v) is 10.2. The third kappa shape index (κ3) is 7.99. The van der Waals surface area contributed by atoms with Crippen LogP contribution in [0.25, 0.3) is 10.9 Å². The number of ether oxygens (including phenoxy) is 2. The minimum Gasteiger partial charge on any atom is -0.494 e. The standard InChI is InChI=1S/C38H40ClN9O8/c1-40-32(50)21-56-30-18-22-17-23(42-33-27(39)20-41-38(44-33)46-14-12-45(2)13-15-46)5-8-28(22)47(37(30)54)11-3-4-16-55-24-6-7-25-26(19-24)36(53)48(35(25)52)29-9-10-31(49)43-34(29)51/h5-8,17-20,29H,3-4,9-16,21H2,1-2H3,(H,40,50)(H,41,42,44)(H,43,49,51). The zero-order valence-corrected chi connectivity index (χ0v) is 31.6. The SMILES string of the molecule is CNC(=O)COc1cc2cc(Nc3nc(N4CCN(C)CC4)ncc3Cl)ccc2n(CCCCOc2ccc3c(c2)C(=O)N(C2CCC(=O)NC2=O)C3=O)c1=O. The molecule has 2 aromatic heterocycles. The number of aryl methyl sites for hydroxylation is 1. The van der Waals surface area contributed by atoms with Crippen LogP contribution in [0.1, 0.15) is 46.4 Å². The predicted octanol–water partition coefficient (Wildman–Crippen LogP) is 2.33. The summed E-state index contributed by atoms with van der Waals surface area (Å²) in [4.78, 5) is 90.2. The average molecular weight is 786 g/mol. The first kappa shape index (κ1) is 38.2. The van der Waals surface area contributed by atoms with Crippen LogP contribution in [0.5, 0.6) is 11.5 Å². The molecule has 0 aliphatic carbocycles. The molecule has 5 heterocycles. The third-order valence-electron chi connectivity index (χ3n) is 9.93. The Labute approximate surface area is 325 Å². The van der Waals surface area contributed by atoms with E-state index in [-0.39, 0.29) is 48.8 Å². The van der Waals surface area contributed by atoms with Crippen molar-refractivity contribution in [2.24, 2.45) is 0 Å². The van der Waals surface area contributed by atoms with Crippen LogP contribution in [0.15, 0.2) is 53.5 Å². The number of carbonyl (C=O) groups is 5. The van der Waals surface area contributed by atoms with Crippen molar-refractivity contribution < 1.29 is 33.4 Å². The maximum absolute atomic E-state index is 13.7. The van der Waals surface area contributed by atoms with Gasteiger partial charge in [-0.25, -0.2) is 4.98 Å². The van der Waals surface area contributed by atoms with Gasteiger partial charge in [-0.05, 0) is 68.8 Å². The number of fused-ring (bicyclic) bond motifs is 2. The van der Waals surface area contributed by atoms with Crippen molar-refractivity contribution in [3.8, 4) is 11.5 Å². The molecule has 0 saturated carbocycles. The van der Waals surface area contributed by atoms with Gasteiger partial charge in [-0.2, -0.15) is 4.98 Å². The summed E-state index contributed by atoms with van der Waals surface area (Å²) in [5, 5.41) is 8.97. The minimum absolute atomic E-state index is 0.00984. The summed E-state index contributed by atoms with van der Waals surface area (Å²) < 4.78 is 13.2. The first-order valence-corrected chi connectivity index (χ1v) is 18.6. The van der Waals surface area contributed by atoms with Crippen LogP contribution in [-0.2, 0) is 20.9 Å². The van der Waals surface area contributed by atoms with Crippen LogP contribution >= 0.6 is 11.6 Å². The lowest BCUT2D eigenvalue weighted by molar-refractivity contribution is -0.136. The van der Waals surface area contributed by atoms with Crippen LogP contribution in [-0.4, -0.2) is 113 Å². The van der Waals surface area contributed by atoms with Gasteiger partial charge in [-0.1, -0.05) is 11.6 Å². The number of pyridine rings is 1. The molecule has 0 spiro atoms. The predicted molar refractivity (Wildman–Crippen MR) is 206 cm³/mol. The number of benzene rings is 2. The lowest BCUT2D eigenvalue weighted by Gasteiger charge is -2.32. The van der Waals surface area contributed by atoms with Crippen molar-refractivity contribution in [3.63, 3.8) is 0 Å². The van der Waals surface area contributed by atoms with Gasteiger partial charge in [0.2, 0.25) is 17.8 Å². The summed E-state index contributed by atoms with van der Waals surface area (Å²) >= 11 is 6.50. The average Bonchev–Trinajstić information content (AvgIpc) is 3.43. The van der Waals surface area contributed by atoms with Crippen molar-refractivity contribution >= 4 is 69.5 Å². The molecule has 0 bridgehead atoms. The Morgan fingerprint density at radius 1 is 0.964 bits per heavy atom. The molecule has 292 valence electrons.